The first-order chi connectivity index (χ1) is 9.29. The van der Waals surface area contributed by atoms with E-state index in [4.69, 9.17) is 0 Å². The Labute approximate surface area is 116 Å². The van der Waals surface area contributed by atoms with Crippen molar-refractivity contribution in [1.82, 2.24) is 30.3 Å². The van der Waals surface area contributed by atoms with E-state index >= 15 is 0 Å². The van der Waals surface area contributed by atoms with Gasteiger partial charge >= 0.3 is 0 Å². The van der Waals surface area contributed by atoms with Crippen molar-refractivity contribution in [2.24, 2.45) is 0 Å². The van der Waals surface area contributed by atoms with Gasteiger partial charge in [-0.05, 0) is 6.92 Å². The van der Waals surface area contributed by atoms with Crippen molar-refractivity contribution in [2.75, 3.05) is 12.3 Å². The lowest BCUT2D eigenvalue weighted by Crippen LogP contribution is -2.16. The summed E-state index contributed by atoms with van der Waals surface area (Å²) in [6.07, 6.45) is 5.43. The van der Waals surface area contributed by atoms with Crippen LogP contribution >= 0.6 is 11.8 Å². The monoisotopic (exact) mass is 278 g/mol. The van der Waals surface area contributed by atoms with Gasteiger partial charge in [0.25, 0.3) is 0 Å². The number of aromatic amines is 1. The van der Waals surface area contributed by atoms with Crippen LogP contribution in [0.15, 0.2) is 30.3 Å². The van der Waals surface area contributed by atoms with Crippen LogP contribution in [0.4, 0.5) is 0 Å². The van der Waals surface area contributed by atoms with Gasteiger partial charge in [0.1, 0.15) is 6.33 Å². The lowest BCUT2D eigenvalue weighted by atomic mass is 10.2. The highest BCUT2D eigenvalue weighted by molar-refractivity contribution is 7.99. The molecule has 0 spiro atoms. The van der Waals surface area contributed by atoms with Crippen LogP contribution in [0.2, 0.25) is 0 Å². The SMILES string of the molecule is C=CCn1cc(CNCCSc2ncn[nH]2)c(C)n1. The summed E-state index contributed by atoms with van der Waals surface area (Å²) in [5.74, 6) is 0.953. The lowest BCUT2D eigenvalue weighted by molar-refractivity contribution is 0.693. The van der Waals surface area contributed by atoms with Crippen molar-refractivity contribution in [3.63, 3.8) is 0 Å². The summed E-state index contributed by atoms with van der Waals surface area (Å²) in [6, 6.07) is 0. The summed E-state index contributed by atoms with van der Waals surface area (Å²) < 4.78 is 1.91. The number of aromatic nitrogens is 5. The Balaban J connectivity index is 1.69. The van der Waals surface area contributed by atoms with E-state index in [1.54, 1.807) is 11.8 Å². The molecule has 19 heavy (non-hydrogen) atoms. The van der Waals surface area contributed by atoms with Gasteiger partial charge in [0.05, 0.1) is 12.2 Å². The summed E-state index contributed by atoms with van der Waals surface area (Å²) in [7, 11) is 0. The molecular weight excluding hydrogens is 260 g/mol. The van der Waals surface area contributed by atoms with Crippen molar-refractivity contribution in [1.29, 1.82) is 0 Å². The second-order valence-electron chi connectivity index (χ2n) is 4.07. The van der Waals surface area contributed by atoms with Crippen LogP contribution in [0.3, 0.4) is 0 Å². The number of hydrogen-bond donors (Lipinski definition) is 2. The Kier molecular flexibility index (Phi) is 5.17. The number of nitrogens with zero attached hydrogens (tertiary/aromatic N) is 4. The molecule has 2 aromatic rings. The van der Waals surface area contributed by atoms with Crippen LogP contribution < -0.4 is 5.32 Å². The molecule has 2 N–H and O–H groups in total. The minimum absolute atomic E-state index is 0.752. The fourth-order valence-corrected chi connectivity index (χ4v) is 2.34. The molecule has 0 saturated heterocycles. The quantitative estimate of drug-likeness (QED) is 0.433. The van der Waals surface area contributed by atoms with Crippen molar-refractivity contribution in [2.45, 2.75) is 25.2 Å². The highest BCUT2D eigenvalue weighted by Crippen LogP contribution is 2.09. The van der Waals surface area contributed by atoms with Crippen LogP contribution in [0.5, 0.6) is 0 Å². The first kappa shape index (κ1) is 13.8. The van der Waals surface area contributed by atoms with Crippen molar-refractivity contribution < 1.29 is 0 Å². The topological polar surface area (TPSA) is 71.4 Å². The number of allylic oxidation sites excluding steroid dienone is 1. The Morgan fingerprint density at radius 2 is 2.47 bits per heavy atom. The predicted octanol–water partition coefficient (Wildman–Crippen LogP) is 1.38. The van der Waals surface area contributed by atoms with E-state index in [-0.39, 0.29) is 0 Å². The summed E-state index contributed by atoms with van der Waals surface area (Å²) in [5, 5.41) is 15.3. The molecule has 0 bridgehead atoms. The number of aryl methyl sites for hydroxylation is 1. The van der Waals surface area contributed by atoms with Gasteiger partial charge < -0.3 is 5.32 Å². The number of hydrogen-bond acceptors (Lipinski definition) is 5. The molecule has 2 heterocycles. The minimum Gasteiger partial charge on any atom is -0.312 e. The molecule has 2 aromatic heterocycles. The third-order valence-corrected chi connectivity index (χ3v) is 3.47. The highest BCUT2D eigenvalue weighted by Gasteiger charge is 2.03. The molecule has 0 aliphatic rings. The van der Waals surface area contributed by atoms with Gasteiger partial charge in [0.2, 0.25) is 0 Å². The van der Waals surface area contributed by atoms with E-state index in [0.717, 1.165) is 36.2 Å². The lowest BCUT2D eigenvalue weighted by Gasteiger charge is -2.02. The maximum absolute atomic E-state index is 4.42. The largest absolute Gasteiger partial charge is 0.312 e. The van der Waals surface area contributed by atoms with Crippen molar-refractivity contribution in [3.05, 3.63) is 36.4 Å². The van der Waals surface area contributed by atoms with Crippen LogP contribution in [0.1, 0.15) is 11.3 Å². The Morgan fingerprint density at radius 3 is 3.21 bits per heavy atom. The molecule has 0 aromatic carbocycles. The van der Waals surface area contributed by atoms with Gasteiger partial charge in [-0.1, -0.05) is 17.8 Å². The zero-order chi connectivity index (χ0) is 13.5. The van der Waals surface area contributed by atoms with Gasteiger partial charge in [0, 0.05) is 30.6 Å². The maximum Gasteiger partial charge on any atom is 0.183 e. The zero-order valence-electron chi connectivity index (χ0n) is 11.0. The number of thioether (sulfide) groups is 1. The standard InChI is InChI=1S/C12H18N6S/c1-3-5-18-8-11(10(2)17-18)7-13-4-6-19-12-14-9-15-16-12/h3,8-9,13H,1,4-7H2,2H3,(H,14,15,16). The van der Waals surface area contributed by atoms with Crippen molar-refractivity contribution >= 4 is 11.8 Å². The number of H-pyrrole nitrogens is 1. The fraction of sp³-hybridized carbons (Fsp3) is 0.417. The molecular formula is C12H18N6S. The van der Waals surface area contributed by atoms with Crippen LogP contribution in [-0.2, 0) is 13.1 Å². The van der Waals surface area contributed by atoms with Crippen LogP contribution in [0.25, 0.3) is 0 Å². The smallest absolute Gasteiger partial charge is 0.183 e. The molecule has 0 aliphatic carbocycles. The average molecular weight is 278 g/mol. The van der Waals surface area contributed by atoms with E-state index in [9.17, 15) is 0 Å². The molecule has 0 aliphatic heterocycles. The summed E-state index contributed by atoms with van der Waals surface area (Å²) in [6.45, 7) is 8.24. The summed E-state index contributed by atoms with van der Waals surface area (Å²) in [5.41, 5.74) is 2.30. The van der Waals surface area contributed by atoms with E-state index in [1.165, 1.54) is 11.9 Å². The molecule has 0 fully saturated rings. The first-order valence-electron chi connectivity index (χ1n) is 6.12. The minimum atomic E-state index is 0.752. The maximum atomic E-state index is 4.42. The fourth-order valence-electron chi connectivity index (χ4n) is 1.67. The molecule has 0 unspecified atom stereocenters. The normalized spacial score (nSPS) is 10.8. The molecule has 0 atom stereocenters. The molecule has 0 amide bonds. The number of nitrogens with one attached hydrogen (secondary N) is 2. The van der Waals surface area contributed by atoms with Crippen LogP contribution in [0, 0.1) is 6.92 Å². The Bertz CT molecular complexity index is 504. The predicted molar refractivity (Wildman–Crippen MR) is 76.0 cm³/mol. The average Bonchev–Trinajstić information content (AvgIpc) is 3.00. The third-order valence-electron chi connectivity index (χ3n) is 2.59. The molecule has 7 heteroatoms. The Morgan fingerprint density at radius 1 is 1.58 bits per heavy atom. The van der Waals surface area contributed by atoms with Gasteiger partial charge in [0.15, 0.2) is 5.16 Å². The van der Waals surface area contributed by atoms with Gasteiger partial charge in [-0.2, -0.15) is 10.2 Å². The van der Waals surface area contributed by atoms with E-state index < -0.39 is 0 Å². The molecule has 0 radical (unpaired) electrons. The highest BCUT2D eigenvalue weighted by atomic mass is 32.2. The number of rotatable bonds is 8. The van der Waals surface area contributed by atoms with Crippen molar-refractivity contribution in [3.8, 4) is 0 Å². The molecule has 0 saturated carbocycles. The third kappa shape index (κ3) is 4.22. The van der Waals surface area contributed by atoms with Crippen LogP contribution in [-0.4, -0.2) is 37.3 Å². The molecule has 6 nitrogen and oxygen atoms in total. The van der Waals surface area contributed by atoms with E-state index in [1.807, 2.05) is 17.7 Å². The van der Waals surface area contributed by atoms with Gasteiger partial charge in [-0.3, -0.25) is 9.78 Å². The summed E-state index contributed by atoms with van der Waals surface area (Å²) in [4.78, 5) is 4.06. The summed E-state index contributed by atoms with van der Waals surface area (Å²) >= 11 is 1.65. The van der Waals surface area contributed by atoms with Gasteiger partial charge in [-0.25, -0.2) is 4.98 Å². The van der Waals surface area contributed by atoms with E-state index in [0.29, 0.717) is 0 Å². The second-order valence-corrected chi connectivity index (χ2v) is 5.15. The second kappa shape index (κ2) is 7.10. The van der Waals surface area contributed by atoms with E-state index in [2.05, 4.69) is 38.4 Å². The first-order valence-corrected chi connectivity index (χ1v) is 7.11. The molecule has 102 valence electrons. The zero-order valence-corrected chi connectivity index (χ0v) is 11.8. The van der Waals surface area contributed by atoms with Gasteiger partial charge in [-0.15, -0.1) is 6.58 Å². The molecule has 2 rings (SSSR count). The Hall–Kier alpha value is -1.60.